The molecule has 3 rings (SSSR count). The first-order valence-corrected chi connectivity index (χ1v) is 11.0. The Labute approximate surface area is 172 Å². The molecule has 0 atom stereocenters. The monoisotopic (exact) mass is 414 g/mol. The molecule has 1 N–H and O–H groups in total. The van der Waals surface area contributed by atoms with Gasteiger partial charge in [-0.3, -0.25) is 9.52 Å². The maximum Gasteiger partial charge on any atom is 0.236 e. The fourth-order valence-electron chi connectivity index (χ4n) is 3.21. The second-order valence-corrected chi connectivity index (χ2v) is 9.57. The van der Waals surface area contributed by atoms with Gasteiger partial charge in [0.05, 0.1) is 22.5 Å². The van der Waals surface area contributed by atoms with Crippen molar-refractivity contribution in [3.05, 3.63) is 66.2 Å². The van der Waals surface area contributed by atoms with Gasteiger partial charge >= 0.3 is 0 Å². The molecule has 2 aromatic carbocycles. The lowest BCUT2D eigenvalue weighted by molar-refractivity contribution is -0.127. The molecule has 1 aliphatic heterocycles. The van der Waals surface area contributed by atoms with E-state index in [4.69, 9.17) is 4.74 Å². The summed E-state index contributed by atoms with van der Waals surface area (Å²) in [5.41, 5.74) is 1.85. The topological polar surface area (TPSA) is 75.7 Å². The number of carbonyl (C=O) groups is 1. The summed E-state index contributed by atoms with van der Waals surface area (Å²) in [5.74, 6) is 0.305. The highest BCUT2D eigenvalue weighted by Gasteiger charge is 2.37. The zero-order valence-electron chi connectivity index (χ0n) is 16.9. The van der Waals surface area contributed by atoms with E-state index in [-0.39, 0.29) is 18.3 Å². The molecule has 6 nitrogen and oxygen atoms in total. The van der Waals surface area contributed by atoms with Gasteiger partial charge in [-0.25, -0.2) is 8.42 Å². The molecule has 1 aliphatic rings. The van der Waals surface area contributed by atoms with Gasteiger partial charge in [-0.2, -0.15) is 0 Å². The third-order valence-corrected chi connectivity index (χ3v) is 6.09. The van der Waals surface area contributed by atoms with Crippen LogP contribution in [0.5, 0.6) is 5.75 Å². The van der Waals surface area contributed by atoms with Crippen molar-refractivity contribution in [2.75, 3.05) is 22.8 Å². The second kappa shape index (κ2) is 7.91. The molecule has 1 amide bonds. The van der Waals surface area contributed by atoms with Gasteiger partial charge in [-0.05, 0) is 50.1 Å². The Kier molecular flexibility index (Phi) is 5.71. The predicted molar refractivity (Wildman–Crippen MR) is 116 cm³/mol. The molecule has 0 fully saturated rings. The molecule has 154 valence electrons. The number of nitrogens with one attached hydrogen (secondary N) is 1. The molecule has 0 saturated carbocycles. The van der Waals surface area contributed by atoms with E-state index in [1.807, 2.05) is 39.0 Å². The van der Waals surface area contributed by atoms with Crippen LogP contribution in [0.3, 0.4) is 0 Å². The van der Waals surface area contributed by atoms with E-state index >= 15 is 0 Å². The Morgan fingerprint density at radius 3 is 2.66 bits per heavy atom. The number of amides is 1. The summed E-state index contributed by atoms with van der Waals surface area (Å²) >= 11 is 0. The molecule has 0 aromatic heterocycles. The molecule has 1 heterocycles. The number of anilines is 2. The number of nitrogens with zero attached hydrogens (tertiary/aromatic N) is 1. The fourth-order valence-corrected chi connectivity index (χ4v) is 4.50. The molecular formula is C22H26N2O4S. The Morgan fingerprint density at radius 1 is 1.24 bits per heavy atom. The van der Waals surface area contributed by atoms with Crippen LogP contribution < -0.4 is 14.4 Å². The van der Waals surface area contributed by atoms with Gasteiger partial charge in [0.2, 0.25) is 15.9 Å². The number of fused-ring (bicyclic) bond motifs is 1. The standard InChI is InChI=1S/C22H26N2O4S/c1-5-12-24-19-13-18(10-11-20(19)28-15-22(3,4)21(24)25)23-29(26,27)14-17-9-7-6-8-16(17)2/h5-11,13,23H,1,12,14-15H2,2-4H3. The van der Waals surface area contributed by atoms with Gasteiger partial charge in [0, 0.05) is 6.54 Å². The summed E-state index contributed by atoms with van der Waals surface area (Å²) in [6.07, 6.45) is 1.64. The van der Waals surface area contributed by atoms with E-state index in [2.05, 4.69) is 11.3 Å². The van der Waals surface area contributed by atoms with Crippen molar-refractivity contribution in [2.45, 2.75) is 26.5 Å². The van der Waals surface area contributed by atoms with Crippen molar-refractivity contribution >= 4 is 27.3 Å². The Balaban J connectivity index is 1.92. The van der Waals surface area contributed by atoms with Crippen LogP contribution in [-0.2, 0) is 20.6 Å². The van der Waals surface area contributed by atoms with Gasteiger partial charge in [-0.15, -0.1) is 6.58 Å². The van der Waals surface area contributed by atoms with Gasteiger partial charge < -0.3 is 9.64 Å². The van der Waals surface area contributed by atoms with Crippen molar-refractivity contribution in [3.63, 3.8) is 0 Å². The SMILES string of the molecule is C=CCN1C(=O)C(C)(C)COc2ccc(NS(=O)(=O)Cc3ccccc3C)cc21. The van der Waals surface area contributed by atoms with Crippen molar-refractivity contribution in [1.82, 2.24) is 0 Å². The number of benzene rings is 2. The number of sulfonamides is 1. The van der Waals surface area contributed by atoms with E-state index in [0.29, 0.717) is 23.7 Å². The van der Waals surface area contributed by atoms with Crippen molar-refractivity contribution in [3.8, 4) is 5.75 Å². The maximum absolute atomic E-state index is 13.0. The minimum Gasteiger partial charge on any atom is -0.490 e. The van der Waals surface area contributed by atoms with Gasteiger partial charge in [0.1, 0.15) is 12.4 Å². The van der Waals surface area contributed by atoms with Gasteiger partial charge in [-0.1, -0.05) is 30.3 Å². The summed E-state index contributed by atoms with van der Waals surface area (Å²) in [4.78, 5) is 14.5. The predicted octanol–water partition coefficient (Wildman–Crippen LogP) is 3.87. The van der Waals surface area contributed by atoms with Crippen LogP contribution >= 0.6 is 0 Å². The maximum atomic E-state index is 13.0. The molecule has 29 heavy (non-hydrogen) atoms. The molecule has 0 saturated heterocycles. The van der Waals surface area contributed by atoms with Crippen molar-refractivity contribution < 1.29 is 17.9 Å². The third-order valence-electron chi connectivity index (χ3n) is 4.85. The molecule has 0 radical (unpaired) electrons. The molecule has 7 heteroatoms. The first-order valence-electron chi connectivity index (χ1n) is 9.38. The van der Waals surface area contributed by atoms with Crippen LogP contribution in [0.2, 0.25) is 0 Å². The lowest BCUT2D eigenvalue weighted by Crippen LogP contribution is -2.42. The van der Waals surface area contributed by atoms with E-state index in [1.54, 1.807) is 35.2 Å². The van der Waals surface area contributed by atoms with Crippen LogP contribution in [-0.4, -0.2) is 27.5 Å². The van der Waals surface area contributed by atoms with Gasteiger partial charge in [0.15, 0.2) is 0 Å². The summed E-state index contributed by atoms with van der Waals surface area (Å²) in [5, 5.41) is 0. The molecule has 0 aliphatic carbocycles. The quantitative estimate of drug-likeness (QED) is 0.728. The number of aryl methyl sites for hydroxylation is 1. The zero-order chi connectivity index (χ0) is 21.2. The zero-order valence-corrected chi connectivity index (χ0v) is 17.8. The van der Waals surface area contributed by atoms with E-state index in [9.17, 15) is 13.2 Å². The largest absolute Gasteiger partial charge is 0.490 e. The van der Waals surface area contributed by atoms with Crippen molar-refractivity contribution in [1.29, 1.82) is 0 Å². The van der Waals surface area contributed by atoms with E-state index in [0.717, 1.165) is 11.1 Å². The van der Waals surface area contributed by atoms with Crippen LogP contribution in [0.15, 0.2) is 55.1 Å². The Morgan fingerprint density at radius 2 is 1.97 bits per heavy atom. The number of rotatable bonds is 6. The molecule has 0 unspecified atom stereocenters. The van der Waals surface area contributed by atoms with E-state index < -0.39 is 15.4 Å². The molecule has 0 spiro atoms. The first kappa shape index (κ1) is 20.9. The lowest BCUT2D eigenvalue weighted by atomic mass is 9.93. The number of ether oxygens (including phenoxy) is 1. The minimum absolute atomic E-state index is 0.101. The first-order chi connectivity index (χ1) is 13.6. The Hall–Kier alpha value is -2.80. The van der Waals surface area contributed by atoms with Crippen LogP contribution in [0.25, 0.3) is 0 Å². The molecular weight excluding hydrogens is 388 g/mol. The number of carbonyl (C=O) groups excluding carboxylic acids is 1. The summed E-state index contributed by atoms with van der Waals surface area (Å²) in [7, 11) is -3.63. The highest BCUT2D eigenvalue weighted by atomic mass is 32.2. The van der Waals surface area contributed by atoms with Gasteiger partial charge in [0.25, 0.3) is 0 Å². The molecule has 2 aromatic rings. The molecule has 0 bridgehead atoms. The number of hydrogen-bond donors (Lipinski definition) is 1. The van der Waals surface area contributed by atoms with E-state index in [1.165, 1.54) is 0 Å². The smallest absolute Gasteiger partial charge is 0.236 e. The van der Waals surface area contributed by atoms with Crippen LogP contribution in [0.1, 0.15) is 25.0 Å². The third kappa shape index (κ3) is 4.62. The second-order valence-electron chi connectivity index (χ2n) is 7.85. The highest BCUT2D eigenvalue weighted by molar-refractivity contribution is 7.91. The van der Waals surface area contributed by atoms with Crippen molar-refractivity contribution in [2.24, 2.45) is 5.41 Å². The fraction of sp³-hybridized carbons (Fsp3) is 0.318. The summed E-state index contributed by atoms with van der Waals surface area (Å²) in [6, 6.07) is 12.3. The van der Waals surface area contributed by atoms with Crippen LogP contribution in [0, 0.1) is 12.3 Å². The normalized spacial score (nSPS) is 15.8. The Bertz CT molecular complexity index is 1040. The lowest BCUT2D eigenvalue weighted by Gasteiger charge is -2.27. The summed E-state index contributed by atoms with van der Waals surface area (Å²) < 4.78 is 33.8. The average molecular weight is 415 g/mol. The highest BCUT2D eigenvalue weighted by Crippen LogP contribution is 2.38. The minimum atomic E-state index is -3.63. The average Bonchev–Trinajstić information content (AvgIpc) is 2.74. The number of hydrogen-bond acceptors (Lipinski definition) is 4. The van der Waals surface area contributed by atoms with Crippen LogP contribution in [0.4, 0.5) is 11.4 Å². The summed E-state index contributed by atoms with van der Waals surface area (Å²) in [6.45, 7) is 9.80.